The predicted molar refractivity (Wildman–Crippen MR) is 90.4 cm³/mol. The van der Waals surface area contributed by atoms with E-state index in [1.54, 1.807) is 6.07 Å². The second-order valence-electron chi connectivity index (χ2n) is 5.16. The van der Waals surface area contributed by atoms with Gasteiger partial charge in [0.2, 0.25) is 0 Å². The van der Waals surface area contributed by atoms with E-state index < -0.39 is 5.91 Å². The Morgan fingerprint density at radius 3 is 2.33 bits per heavy atom. The van der Waals surface area contributed by atoms with E-state index >= 15 is 0 Å². The minimum Gasteiger partial charge on any atom is -0.508 e. The van der Waals surface area contributed by atoms with Crippen molar-refractivity contribution in [2.45, 2.75) is 0 Å². The fourth-order valence-corrected chi connectivity index (χ4v) is 2.27. The van der Waals surface area contributed by atoms with Crippen molar-refractivity contribution in [3.63, 3.8) is 0 Å². The maximum Gasteiger partial charge on any atom is 0.275 e. The summed E-state index contributed by atoms with van der Waals surface area (Å²) < 4.78 is 0. The molecule has 6 heteroatoms. The van der Waals surface area contributed by atoms with Crippen molar-refractivity contribution in [1.29, 1.82) is 0 Å². The number of carbonyl (C=O) groups is 1. The van der Waals surface area contributed by atoms with E-state index in [0.717, 1.165) is 10.8 Å². The molecular formula is C18H14N2O4. The van der Waals surface area contributed by atoms with Crippen LogP contribution in [-0.2, 0) is 0 Å². The monoisotopic (exact) mass is 322 g/mol. The fourth-order valence-electron chi connectivity index (χ4n) is 2.27. The van der Waals surface area contributed by atoms with Crippen LogP contribution in [-0.4, -0.2) is 27.4 Å². The van der Waals surface area contributed by atoms with Gasteiger partial charge in [0.05, 0.1) is 11.8 Å². The van der Waals surface area contributed by atoms with Crippen LogP contribution in [0.3, 0.4) is 0 Å². The highest BCUT2D eigenvalue weighted by Gasteiger charge is 2.11. The number of hydrogen-bond donors (Lipinski definition) is 4. The molecule has 0 saturated heterocycles. The smallest absolute Gasteiger partial charge is 0.275 e. The molecule has 0 aliphatic rings. The number of hydrazone groups is 1. The molecule has 6 nitrogen and oxygen atoms in total. The van der Waals surface area contributed by atoms with E-state index in [0.29, 0.717) is 5.56 Å². The molecule has 3 aromatic rings. The van der Waals surface area contributed by atoms with Crippen LogP contribution < -0.4 is 5.43 Å². The summed E-state index contributed by atoms with van der Waals surface area (Å²) in [5, 5.41) is 34.2. The van der Waals surface area contributed by atoms with Gasteiger partial charge in [-0.05, 0) is 35.0 Å². The first kappa shape index (κ1) is 15.4. The van der Waals surface area contributed by atoms with Crippen LogP contribution >= 0.6 is 0 Å². The van der Waals surface area contributed by atoms with Gasteiger partial charge < -0.3 is 15.3 Å². The number of carbonyl (C=O) groups excluding carboxylic acids is 1. The van der Waals surface area contributed by atoms with Gasteiger partial charge in [-0.25, -0.2) is 5.43 Å². The van der Waals surface area contributed by atoms with E-state index in [1.807, 2.05) is 24.3 Å². The molecule has 24 heavy (non-hydrogen) atoms. The molecule has 0 atom stereocenters. The van der Waals surface area contributed by atoms with Gasteiger partial charge in [-0.15, -0.1) is 0 Å². The number of nitrogens with one attached hydrogen (secondary N) is 1. The Labute approximate surface area is 137 Å². The van der Waals surface area contributed by atoms with Gasteiger partial charge in [0, 0.05) is 11.6 Å². The molecule has 3 aromatic carbocycles. The van der Waals surface area contributed by atoms with Crippen molar-refractivity contribution < 1.29 is 20.1 Å². The Hall–Kier alpha value is -3.54. The van der Waals surface area contributed by atoms with Gasteiger partial charge in [0.1, 0.15) is 17.2 Å². The summed E-state index contributed by atoms with van der Waals surface area (Å²) in [7, 11) is 0. The summed E-state index contributed by atoms with van der Waals surface area (Å²) in [6.07, 6.45) is 1.24. The highest BCUT2D eigenvalue weighted by Crippen LogP contribution is 2.25. The predicted octanol–water partition coefficient (Wildman–Crippen LogP) is 2.72. The van der Waals surface area contributed by atoms with E-state index in [-0.39, 0.29) is 22.8 Å². The number of amides is 1. The topological polar surface area (TPSA) is 102 Å². The lowest BCUT2D eigenvalue weighted by atomic mass is 10.1. The number of rotatable bonds is 3. The third-order valence-corrected chi connectivity index (χ3v) is 3.49. The Balaban J connectivity index is 1.80. The van der Waals surface area contributed by atoms with Crippen molar-refractivity contribution in [2.75, 3.05) is 0 Å². The van der Waals surface area contributed by atoms with Gasteiger partial charge in [-0.3, -0.25) is 4.79 Å². The highest BCUT2D eigenvalue weighted by molar-refractivity contribution is 6.01. The molecule has 0 spiro atoms. The Morgan fingerprint density at radius 2 is 1.62 bits per heavy atom. The van der Waals surface area contributed by atoms with Crippen LogP contribution in [0.25, 0.3) is 10.8 Å². The quantitative estimate of drug-likeness (QED) is 0.440. The number of phenolic OH excluding ortho intramolecular Hbond substituents is 3. The standard InChI is InChI=1S/C18H14N2O4/c21-14-6-5-13(16(22)9-14)10-19-20-18(24)15-7-11-3-1-2-4-12(11)8-17(15)23/h1-10,21-23H,(H,20,24)/b19-10-. The molecule has 0 saturated carbocycles. The molecule has 0 heterocycles. The maximum atomic E-state index is 12.2. The molecule has 3 rings (SSSR count). The van der Waals surface area contributed by atoms with E-state index in [9.17, 15) is 20.1 Å². The van der Waals surface area contributed by atoms with Crippen molar-refractivity contribution in [3.8, 4) is 17.2 Å². The zero-order valence-corrected chi connectivity index (χ0v) is 12.5. The SMILES string of the molecule is O=C(N/N=C\c1ccc(O)cc1O)c1cc2ccccc2cc1O. The highest BCUT2D eigenvalue weighted by atomic mass is 16.3. The molecule has 0 bridgehead atoms. The summed E-state index contributed by atoms with van der Waals surface area (Å²) in [6.45, 7) is 0. The van der Waals surface area contributed by atoms with Crippen molar-refractivity contribution >= 4 is 22.9 Å². The zero-order valence-electron chi connectivity index (χ0n) is 12.5. The first-order valence-corrected chi connectivity index (χ1v) is 7.12. The molecular weight excluding hydrogens is 308 g/mol. The first-order valence-electron chi connectivity index (χ1n) is 7.12. The van der Waals surface area contributed by atoms with Gasteiger partial charge in [0.15, 0.2) is 0 Å². The Morgan fingerprint density at radius 1 is 0.917 bits per heavy atom. The second kappa shape index (κ2) is 6.29. The zero-order chi connectivity index (χ0) is 17.1. The number of nitrogens with zero attached hydrogens (tertiary/aromatic N) is 1. The number of fused-ring (bicyclic) bond motifs is 1. The minimum absolute atomic E-state index is 0.0743. The molecule has 1 amide bonds. The Bertz CT molecular complexity index is 951. The summed E-state index contributed by atoms with van der Waals surface area (Å²) in [4.78, 5) is 12.2. The van der Waals surface area contributed by atoms with E-state index in [2.05, 4.69) is 10.5 Å². The van der Waals surface area contributed by atoms with Crippen molar-refractivity contribution in [3.05, 3.63) is 65.7 Å². The average molecular weight is 322 g/mol. The van der Waals surface area contributed by atoms with E-state index in [4.69, 9.17) is 0 Å². The molecule has 0 fully saturated rings. The summed E-state index contributed by atoms with van der Waals surface area (Å²) in [5.41, 5.74) is 2.72. The Kier molecular flexibility index (Phi) is 4.03. The van der Waals surface area contributed by atoms with Gasteiger partial charge in [-0.2, -0.15) is 5.10 Å². The fraction of sp³-hybridized carbons (Fsp3) is 0. The van der Waals surface area contributed by atoms with Crippen LogP contribution in [0.5, 0.6) is 17.2 Å². The van der Waals surface area contributed by atoms with Crippen LogP contribution in [0, 0.1) is 0 Å². The molecule has 0 aliphatic heterocycles. The third kappa shape index (κ3) is 3.12. The summed E-state index contributed by atoms with van der Waals surface area (Å²) >= 11 is 0. The largest absolute Gasteiger partial charge is 0.508 e. The molecule has 0 aliphatic carbocycles. The van der Waals surface area contributed by atoms with Gasteiger partial charge >= 0.3 is 0 Å². The number of hydrogen-bond acceptors (Lipinski definition) is 5. The van der Waals surface area contributed by atoms with Crippen LogP contribution in [0.1, 0.15) is 15.9 Å². The van der Waals surface area contributed by atoms with E-state index in [1.165, 1.54) is 30.5 Å². The van der Waals surface area contributed by atoms with Gasteiger partial charge in [-0.1, -0.05) is 24.3 Å². The minimum atomic E-state index is -0.576. The number of aromatic hydroxyl groups is 3. The van der Waals surface area contributed by atoms with Gasteiger partial charge in [0.25, 0.3) is 5.91 Å². The van der Waals surface area contributed by atoms with Crippen LogP contribution in [0.15, 0.2) is 59.7 Å². The molecule has 4 N–H and O–H groups in total. The van der Waals surface area contributed by atoms with Crippen molar-refractivity contribution in [1.82, 2.24) is 5.43 Å². The summed E-state index contributed by atoms with van der Waals surface area (Å²) in [6, 6.07) is 14.5. The maximum absolute atomic E-state index is 12.2. The lowest BCUT2D eigenvalue weighted by Gasteiger charge is -2.06. The number of phenols is 3. The average Bonchev–Trinajstić information content (AvgIpc) is 2.56. The lowest BCUT2D eigenvalue weighted by molar-refractivity contribution is 0.0952. The lowest BCUT2D eigenvalue weighted by Crippen LogP contribution is -2.17. The number of benzene rings is 3. The molecule has 120 valence electrons. The molecule has 0 aromatic heterocycles. The van der Waals surface area contributed by atoms with Crippen LogP contribution in [0.2, 0.25) is 0 Å². The first-order chi connectivity index (χ1) is 11.5. The summed E-state index contributed by atoms with van der Waals surface area (Å²) in [5.74, 6) is -0.960. The third-order valence-electron chi connectivity index (χ3n) is 3.49. The van der Waals surface area contributed by atoms with Crippen molar-refractivity contribution in [2.24, 2.45) is 5.10 Å². The molecule has 0 radical (unpaired) electrons. The van der Waals surface area contributed by atoms with Crippen LogP contribution in [0.4, 0.5) is 0 Å². The normalized spacial score (nSPS) is 11.0. The molecule has 0 unspecified atom stereocenters. The second-order valence-corrected chi connectivity index (χ2v) is 5.16.